The quantitative estimate of drug-likeness (QED) is 0.861. The van der Waals surface area contributed by atoms with Crippen LogP contribution in [0.5, 0.6) is 0 Å². The first-order chi connectivity index (χ1) is 12.6. The molecule has 2 amide bonds. The van der Waals surface area contributed by atoms with E-state index in [0.717, 1.165) is 38.0 Å². The highest BCUT2D eigenvalue weighted by Gasteiger charge is 2.20. The van der Waals surface area contributed by atoms with Gasteiger partial charge in [-0.3, -0.25) is 4.90 Å². The van der Waals surface area contributed by atoms with Gasteiger partial charge in [-0.1, -0.05) is 54.1 Å². The fourth-order valence-corrected chi connectivity index (χ4v) is 3.52. The molecule has 0 radical (unpaired) electrons. The van der Waals surface area contributed by atoms with E-state index in [4.69, 9.17) is 0 Å². The summed E-state index contributed by atoms with van der Waals surface area (Å²) in [5, 5.41) is 6.11. The second-order valence-electron chi connectivity index (χ2n) is 7.29. The molecule has 26 heavy (non-hydrogen) atoms. The number of rotatable bonds is 5. The van der Waals surface area contributed by atoms with Crippen molar-refractivity contribution in [2.75, 3.05) is 13.1 Å². The minimum Gasteiger partial charge on any atom is -0.335 e. The SMILES string of the molecule is Cc1cccc(CN2CCC(NC(=O)NCc3ccccc3C)CC2)c1. The number of hydrogen-bond donors (Lipinski definition) is 2. The highest BCUT2D eigenvalue weighted by Crippen LogP contribution is 2.15. The van der Waals surface area contributed by atoms with Crippen molar-refractivity contribution >= 4 is 6.03 Å². The van der Waals surface area contributed by atoms with Crippen LogP contribution < -0.4 is 10.6 Å². The van der Waals surface area contributed by atoms with E-state index in [-0.39, 0.29) is 12.1 Å². The van der Waals surface area contributed by atoms with E-state index in [0.29, 0.717) is 6.54 Å². The Morgan fingerprint density at radius 1 is 1.08 bits per heavy atom. The molecule has 1 aliphatic rings. The van der Waals surface area contributed by atoms with Gasteiger partial charge in [0.2, 0.25) is 0 Å². The van der Waals surface area contributed by atoms with Crippen molar-refractivity contribution in [2.24, 2.45) is 0 Å². The molecule has 1 heterocycles. The lowest BCUT2D eigenvalue weighted by Gasteiger charge is -2.32. The van der Waals surface area contributed by atoms with Crippen molar-refractivity contribution in [1.82, 2.24) is 15.5 Å². The minimum absolute atomic E-state index is 0.0645. The minimum atomic E-state index is -0.0645. The van der Waals surface area contributed by atoms with Crippen LogP contribution >= 0.6 is 0 Å². The summed E-state index contributed by atoms with van der Waals surface area (Å²) in [5.74, 6) is 0. The zero-order valence-electron chi connectivity index (χ0n) is 15.8. The van der Waals surface area contributed by atoms with Gasteiger partial charge in [0.05, 0.1) is 0 Å². The van der Waals surface area contributed by atoms with Crippen LogP contribution in [0.4, 0.5) is 4.79 Å². The molecule has 0 atom stereocenters. The van der Waals surface area contributed by atoms with Crippen LogP contribution in [0.2, 0.25) is 0 Å². The Balaban J connectivity index is 1.39. The molecule has 2 aromatic rings. The van der Waals surface area contributed by atoms with E-state index in [1.54, 1.807) is 0 Å². The number of hydrogen-bond acceptors (Lipinski definition) is 2. The smallest absolute Gasteiger partial charge is 0.315 e. The molecule has 1 saturated heterocycles. The number of nitrogens with one attached hydrogen (secondary N) is 2. The summed E-state index contributed by atoms with van der Waals surface area (Å²) in [6, 6.07) is 17.0. The van der Waals surface area contributed by atoms with Gasteiger partial charge in [0, 0.05) is 32.2 Å². The molecule has 138 valence electrons. The van der Waals surface area contributed by atoms with Crippen LogP contribution in [-0.4, -0.2) is 30.1 Å². The molecule has 0 spiro atoms. The molecule has 2 N–H and O–H groups in total. The molecule has 4 heteroatoms. The van der Waals surface area contributed by atoms with E-state index >= 15 is 0 Å². The van der Waals surface area contributed by atoms with E-state index < -0.39 is 0 Å². The first kappa shape index (κ1) is 18.5. The van der Waals surface area contributed by atoms with Crippen molar-refractivity contribution in [3.8, 4) is 0 Å². The van der Waals surface area contributed by atoms with Gasteiger partial charge in [0.1, 0.15) is 0 Å². The van der Waals surface area contributed by atoms with Gasteiger partial charge < -0.3 is 10.6 Å². The van der Waals surface area contributed by atoms with Gasteiger partial charge in [0.15, 0.2) is 0 Å². The highest BCUT2D eigenvalue weighted by atomic mass is 16.2. The molecular formula is C22H29N3O. The molecule has 3 rings (SSSR count). The van der Waals surface area contributed by atoms with Crippen molar-refractivity contribution in [1.29, 1.82) is 0 Å². The van der Waals surface area contributed by atoms with Gasteiger partial charge in [-0.2, -0.15) is 0 Å². The summed E-state index contributed by atoms with van der Waals surface area (Å²) in [6.07, 6.45) is 2.01. The third-order valence-corrected chi connectivity index (χ3v) is 5.11. The maximum absolute atomic E-state index is 12.2. The molecule has 0 aliphatic carbocycles. The highest BCUT2D eigenvalue weighted by molar-refractivity contribution is 5.74. The third-order valence-electron chi connectivity index (χ3n) is 5.11. The van der Waals surface area contributed by atoms with Gasteiger partial charge in [-0.05, 0) is 43.4 Å². The van der Waals surface area contributed by atoms with Crippen LogP contribution in [0, 0.1) is 13.8 Å². The van der Waals surface area contributed by atoms with Crippen molar-refractivity contribution < 1.29 is 4.79 Å². The van der Waals surface area contributed by atoms with E-state index in [2.05, 4.69) is 65.8 Å². The summed E-state index contributed by atoms with van der Waals surface area (Å²) < 4.78 is 0. The lowest BCUT2D eigenvalue weighted by Crippen LogP contribution is -2.47. The van der Waals surface area contributed by atoms with Gasteiger partial charge in [0.25, 0.3) is 0 Å². The summed E-state index contributed by atoms with van der Waals surface area (Å²) in [4.78, 5) is 14.6. The van der Waals surface area contributed by atoms with Gasteiger partial charge in [-0.25, -0.2) is 4.79 Å². The van der Waals surface area contributed by atoms with Crippen LogP contribution in [0.15, 0.2) is 48.5 Å². The number of amides is 2. The predicted octanol–water partition coefficient (Wildman–Crippen LogP) is 3.77. The van der Waals surface area contributed by atoms with Crippen molar-refractivity contribution in [3.63, 3.8) is 0 Å². The number of likely N-dealkylation sites (tertiary alicyclic amines) is 1. The molecule has 0 saturated carbocycles. The average molecular weight is 351 g/mol. The van der Waals surface area contributed by atoms with E-state index in [1.807, 2.05) is 12.1 Å². The van der Waals surface area contributed by atoms with E-state index in [9.17, 15) is 4.79 Å². The Kier molecular flexibility index (Phi) is 6.29. The zero-order chi connectivity index (χ0) is 18.4. The standard InChI is InChI=1S/C22H29N3O/c1-17-6-5-8-19(14-17)16-25-12-10-21(11-13-25)24-22(26)23-15-20-9-4-3-7-18(20)2/h3-9,14,21H,10-13,15-16H2,1-2H3,(H2,23,24,26). The normalized spacial score (nSPS) is 15.6. The number of carbonyl (C=O) groups excluding carboxylic acids is 1. The van der Waals surface area contributed by atoms with Crippen LogP contribution in [-0.2, 0) is 13.1 Å². The van der Waals surface area contributed by atoms with Crippen LogP contribution in [0.3, 0.4) is 0 Å². The number of carbonyl (C=O) groups is 1. The fourth-order valence-electron chi connectivity index (χ4n) is 3.52. The second kappa shape index (κ2) is 8.86. The molecule has 1 fully saturated rings. The summed E-state index contributed by atoms with van der Waals surface area (Å²) in [6.45, 7) is 7.82. The molecular weight excluding hydrogens is 322 g/mol. The zero-order valence-corrected chi connectivity index (χ0v) is 15.8. The maximum atomic E-state index is 12.2. The monoisotopic (exact) mass is 351 g/mol. The molecule has 2 aromatic carbocycles. The Bertz CT molecular complexity index is 736. The van der Waals surface area contributed by atoms with Crippen molar-refractivity contribution in [3.05, 3.63) is 70.8 Å². The first-order valence-electron chi connectivity index (χ1n) is 9.47. The molecule has 0 unspecified atom stereocenters. The van der Waals surface area contributed by atoms with E-state index in [1.165, 1.54) is 16.7 Å². The van der Waals surface area contributed by atoms with Gasteiger partial charge in [-0.15, -0.1) is 0 Å². The Morgan fingerprint density at radius 2 is 1.85 bits per heavy atom. The Hall–Kier alpha value is -2.33. The summed E-state index contributed by atoms with van der Waals surface area (Å²) in [7, 11) is 0. The Morgan fingerprint density at radius 3 is 2.58 bits per heavy atom. The topological polar surface area (TPSA) is 44.4 Å². The lowest BCUT2D eigenvalue weighted by atomic mass is 10.0. The van der Waals surface area contributed by atoms with Crippen molar-refractivity contribution in [2.45, 2.75) is 45.8 Å². The number of piperidine rings is 1. The second-order valence-corrected chi connectivity index (χ2v) is 7.29. The summed E-state index contributed by atoms with van der Waals surface area (Å²) >= 11 is 0. The maximum Gasteiger partial charge on any atom is 0.315 e. The Labute approximate surface area is 156 Å². The summed E-state index contributed by atoms with van der Waals surface area (Å²) in [5.41, 5.74) is 5.05. The number of aryl methyl sites for hydroxylation is 2. The lowest BCUT2D eigenvalue weighted by molar-refractivity contribution is 0.186. The predicted molar refractivity (Wildman–Crippen MR) is 106 cm³/mol. The number of nitrogens with zero attached hydrogens (tertiary/aromatic N) is 1. The van der Waals surface area contributed by atoms with Gasteiger partial charge >= 0.3 is 6.03 Å². The third kappa shape index (κ3) is 5.33. The number of benzene rings is 2. The molecule has 0 aromatic heterocycles. The fraction of sp³-hybridized carbons (Fsp3) is 0.409. The molecule has 4 nitrogen and oxygen atoms in total. The van der Waals surface area contributed by atoms with Crippen LogP contribution in [0.1, 0.15) is 35.1 Å². The average Bonchev–Trinajstić information content (AvgIpc) is 2.63. The number of urea groups is 1. The molecule has 0 bridgehead atoms. The molecule has 1 aliphatic heterocycles. The first-order valence-corrected chi connectivity index (χ1v) is 9.47. The largest absolute Gasteiger partial charge is 0.335 e. The van der Waals surface area contributed by atoms with Crippen LogP contribution in [0.25, 0.3) is 0 Å².